The van der Waals surface area contributed by atoms with Crippen molar-refractivity contribution in [3.05, 3.63) is 41.7 Å². The van der Waals surface area contributed by atoms with Crippen LogP contribution in [0.5, 0.6) is 0 Å². The van der Waals surface area contributed by atoms with Gasteiger partial charge in [0.25, 0.3) is 0 Å². The van der Waals surface area contributed by atoms with Gasteiger partial charge in [-0.3, -0.25) is 0 Å². The minimum Gasteiger partial charge on any atom is -0.384 e. The number of hydrogen-bond acceptors (Lipinski definition) is 4. The van der Waals surface area contributed by atoms with E-state index in [4.69, 9.17) is 10.7 Å². The number of aromatic nitrogens is 2. The van der Waals surface area contributed by atoms with Gasteiger partial charge in [0.1, 0.15) is 17.5 Å². The predicted octanol–water partition coefficient (Wildman–Crippen LogP) is 3.40. The summed E-state index contributed by atoms with van der Waals surface area (Å²) in [6, 6.07) is 10.3. The SMILES string of the molecule is CCN(c1ccc(C)cc1)c1cc(N)nc(C2CC2)n1. The number of nitrogens with two attached hydrogens (primary N) is 1. The van der Waals surface area contributed by atoms with Gasteiger partial charge in [0, 0.05) is 24.2 Å². The van der Waals surface area contributed by atoms with Crippen LogP contribution in [0.4, 0.5) is 17.3 Å². The third-order valence-electron chi connectivity index (χ3n) is 3.63. The lowest BCUT2D eigenvalue weighted by Crippen LogP contribution is -2.18. The summed E-state index contributed by atoms with van der Waals surface area (Å²) < 4.78 is 0. The normalized spacial score (nSPS) is 14.3. The number of rotatable bonds is 4. The van der Waals surface area contributed by atoms with Crippen molar-refractivity contribution in [1.82, 2.24) is 9.97 Å². The van der Waals surface area contributed by atoms with Crippen molar-refractivity contribution >= 4 is 17.3 Å². The summed E-state index contributed by atoms with van der Waals surface area (Å²) >= 11 is 0. The number of nitrogens with zero attached hydrogens (tertiary/aromatic N) is 3. The summed E-state index contributed by atoms with van der Waals surface area (Å²) in [5.74, 6) is 2.85. The Bertz CT molecular complexity index is 602. The Balaban J connectivity index is 1.98. The third kappa shape index (κ3) is 2.59. The quantitative estimate of drug-likeness (QED) is 0.923. The van der Waals surface area contributed by atoms with Crippen LogP contribution in [0, 0.1) is 6.92 Å². The molecule has 1 aromatic heterocycles. The lowest BCUT2D eigenvalue weighted by molar-refractivity contribution is 0.898. The Morgan fingerprint density at radius 1 is 1.20 bits per heavy atom. The zero-order valence-electron chi connectivity index (χ0n) is 12.0. The van der Waals surface area contributed by atoms with Gasteiger partial charge in [-0.15, -0.1) is 0 Å². The van der Waals surface area contributed by atoms with Crippen LogP contribution in [0.2, 0.25) is 0 Å². The lowest BCUT2D eigenvalue weighted by atomic mass is 10.2. The summed E-state index contributed by atoms with van der Waals surface area (Å²) in [5, 5.41) is 0. The van der Waals surface area contributed by atoms with Gasteiger partial charge in [0.05, 0.1) is 0 Å². The molecule has 0 unspecified atom stereocenters. The second-order valence-electron chi connectivity index (χ2n) is 5.36. The number of anilines is 3. The summed E-state index contributed by atoms with van der Waals surface area (Å²) in [6.07, 6.45) is 2.36. The van der Waals surface area contributed by atoms with E-state index in [1.807, 2.05) is 6.07 Å². The highest BCUT2D eigenvalue weighted by Crippen LogP contribution is 2.39. The fraction of sp³-hybridized carbons (Fsp3) is 0.375. The lowest BCUT2D eigenvalue weighted by Gasteiger charge is -2.23. The topological polar surface area (TPSA) is 55.0 Å². The van der Waals surface area contributed by atoms with E-state index in [0.29, 0.717) is 11.7 Å². The molecule has 4 nitrogen and oxygen atoms in total. The van der Waals surface area contributed by atoms with E-state index >= 15 is 0 Å². The van der Waals surface area contributed by atoms with Crippen LogP contribution < -0.4 is 10.6 Å². The second kappa shape index (κ2) is 5.12. The highest BCUT2D eigenvalue weighted by atomic mass is 15.2. The zero-order chi connectivity index (χ0) is 14.1. The average molecular weight is 268 g/mol. The smallest absolute Gasteiger partial charge is 0.138 e. The summed E-state index contributed by atoms with van der Waals surface area (Å²) in [4.78, 5) is 11.2. The van der Waals surface area contributed by atoms with Crippen molar-refractivity contribution in [3.63, 3.8) is 0 Å². The summed E-state index contributed by atoms with van der Waals surface area (Å²) in [7, 11) is 0. The van der Waals surface area contributed by atoms with Gasteiger partial charge in [0.15, 0.2) is 0 Å². The maximum Gasteiger partial charge on any atom is 0.138 e. The molecule has 1 aliphatic rings. The van der Waals surface area contributed by atoms with Crippen molar-refractivity contribution in [3.8, 4) is 0 Å². The molecule has 0 atom stereocenters. The molecule has 0 aliphatic heterocycles. The first kappa shape index (κ1) is 12.9. The molecule has 0 bridgehead atoms. The van der Waals surface area contributed by atoms with Crippen molar-refractivity contribution in [2.45, 2.75) is 32.6 Å². The molecule has 1 aliphatic carbocycles. The van der Waals surface area contributed by atoms with Crippen molar-refractivity contribution in [2.24, 2.45) is 0 Å². The predicted molar refractivity (Wildman–Crippen MR) is 82.3 cm³/mol. The minimum absolute atomic E-state index is 0.508. The first-order chi connectivity index (χ1) is 9.67. The molecule has 104 valence electrons. The van der Waals surface area contributed by atoms with Crippen molar-refractivity contribution in [2.75, 3.05) is 17.2 Å². The molecule has 3 rings (SSSR count). The molecule has 1 fully saturated rings. The van der Waals surface area contributed by atoms with Crippen LogP contribution in [0.25, 0.3) is 0 Å². The highest BCUT2D eigenvalue weighted by Gasteiger charge is 2.27. The van der Waals surface area contributed by atoms with Crippen LogP contribution in [0.1, 0.15) is 37.1 Å². The van der Waals surface area contributed by atoms with Gasteiger partial charge in [-0.05, 0) is 38.8 Å². The number of hydrogen-bond donors (Lipinski definition) is 1. The molecule has 0 amide bonds. The van der Waals surface area contributed by atoms with Gasteiger partial charge in [0.2, 0.25) is 0 Å². The molecule has 0 saturated heterocycles. The van der Waals surface area contributed by atoms with E-state index < -0.39 is 0 Å². The van der Waals surface area contributed by atoms with Crippen LogP contribution >= 0.6 is 0 Å². The molecule has 1 saturated carbocycles. The van der Waals surface area contributed by atoms with Gasteiger partial charge >= 0.3 is 0 Å². The minimum atomic E-state index is 0.508. The standard InChI is InChI=1S/C16H20N4/c1-3-20(13-8-4-11(2)5-9-13)15-10-14(17)18-16(19-15)12-6-7-12/h4-5,8-10,12H,3,6-7H2,1-2H3,(H2,17,18,19). The molecule has 20 heavy (non-hydrogen) atoms. The highest BCUT2D eigenvalue weighted by molar-refractivity contribution is 5.62. The van der Waals surface area contributed by atoms with Gasteiger partial charge in [-0.25, -0.2) is 9.97 Å². The van der Waals surface area contributed by atoms with Crippen LogP contribution in [0.3, 0.4) is 0 Å². The van der Waals surface area contributed by atoms with Gasteiger partial charge in [-0.2, -0.15) is 0 Å². The molecular weight excluding hydrogens is 248 g/mol. The number of aryl methyl sites for hydroxylation is 1. The number of benzene rings is 1. The van der Waals surface area contributed by atoms with Crippen LogP contribution in [-0.4, -0.2) is 16.5 Å². The molecule has 2 N–H and O–H groups in total. The first-order valence-electron chi connectivity index (χ1n) is 7.16. The number of nitrogen functional groups attached to an aromatic ring is 1. The van der Waals surface area contributed by atoms with Gasteiger partial charge < -0.3 is 10.6 Å². The molecule has 4 heteroatoms. The molecule has 0 spiro atoms. The van der Waals surface area contributed by atoms with Crippen molar-refractivity contribution in [1.29, 1.82) is 0 Å². The first-order valence-corrected chi connectivity index (χ1v) is 7.16. The largest absolute Gasteiger partial charge is 0.384 e. The maximum absolute atomic E-state index is 5.94. The Hall–Kier alpha value is -2.10. The molecule has 2 aromatic rings. The zero-order valence-corrected chi connectivity index (χ0v) is 12.0. The molecule has 1 aromatic carbocycles. The molecule has 1 heterocycles. The van der Waals surface area contributed by atoms with Crippen LogP contribution in [-0.2, 0) is 0 Å². The summed E-state index contributed by atoms with van der Waals surface area (Å²) in [6.45, 7) is 5.06. The van der Waals surface area contributed by atoms with E-state index in [1.54, 1.807) is 0 Å². The van der Waals surface area contributed by atoms with E-state index in [9.17, 15) is 0 Å². The van der Waals surface area contributed by atoms with E-state index in [1.165, 1.54) is 18.4 Å². The Morgan fingerprint density at radius 3 is 2.50 bits per heavy atom. The van der Waals surface area contributed by atoms with Crippen molar-refractivity contribution < 1.29 is 0 Å². The average Bonchev–Trinajstić information content (AvgIpc) is 3.25. The molecule has 0 radical (unpaired) electrons. The van der Waals surface area contributed by atoms with E-state index in [2.05, 4.69) is 48.0 Å². The Morgan fingerprint density at radius 2 is 1.90 bits per heavy atom. The van der Waals surface area contributed by atoms with E-state index in [0.717, 1.165) is 23.9 Å². The fourth-order valence-corrected chi connectivity index (χ4v) is 2.34. The molecular formula is C16H20N4. The Labute approximate surface area is 119 Å². The second-order valence-corrected chi connectivity index (χ2v) is 5.36. The summed E-state index contributed by atoms with van der Waals surface area (Å²) in [5.41, 5.74) is 8.33. The monoisotopic (exact) mass is 268 g/mol. The van der Waals surface area contributed by atoms with Crippen LogP contribution in [0.15, 0.2) is 30.3 Å². The van der Waals surface area contributed by atoms with Gasteiger partial charge in [-0.1, -0.05) is 17.7 Å². The van der Waals surface area contributed by atoms with E-state index in [-0.39, 0.29) is 0 Å². The maximum atomic E-state index is 5.94. The third-order valence-corrected chi connectivity index (χ3v) is 3.63. The Kier molecular flexibility index (Phi) is 3.30. The fourth-order valence-electron chi connectivity index (χ4n) is 2.34.